The molecule has 0 radical (unpaired) electrons. The molecule has 1 aromatic heterocycles. The standard InChI is InChI=1S/C16H16F2O2S/c1-3-20-15(19)16(2,10-12-5-4-8-21-12)11-6-7-13(17)14(18)9-11/h4-9H,3,10H2,1-2H3. The molecule has 0 spiro atoms. The van der Waals surface area contributed by atoms with E-state index in [1.807, 2.05) is 17.5 Å². The average molecular weight is 310 g/mol. The Morgan fingerprint density at radius 1 is 1.29 bits per heavy atom. The summed E-state index contributed by atoms with van der Waals surface area (Å²) < 4.78 is 31.8. The Morgan fingerprint density at radius 3 is 2.62 bits per heavy atom. The summed E-state index contributed by atoms with van der Waals surface area (Å²) in [4.78, 5) is 13.3. The van der Waals surface area contributed by atoms with E-state index in [9.17, 15) is 13.6 Å². The third-order valence-electron chi connectivity index (χ3n) is 3.39. The molecule has 0 aliphatic rings. The molecule has 0 saturated carbocycles. The summed E-state index contributed by atoms with van der Waals surface area (Å²) >= 11 is 1.51. The van der Waals surface area contributed by atoms with Crippen molar-refractivity contribution >= 4 is 17.3 Å². The van der Waals surface area contributed by atoms with Crippen LogP contribution in [0.2, 0.25) is 0 Å². The number of carbonyl (C=O) groups is 1. The summed E-state index contributed by atoms with van der Waals surface area (Å²) in [7, 11) is 0. The predicted molar refractivity (Wildman–Crippen MR) is 78.4 cm³/mol. The average Bonchev–Trinajstić information content (AvgIpc) is 2.94. The Bertz CT molecular complexity index is 625. The Kier molecular flexibility index (Phi) is 4.73. The molecule has 112 valence electrons. The van der Waals surface area contributed by atoms with Gasteiger partial charge in [-0.1, -0.05) is 12.1 Å². The van der Waals surface area contributed by atoms with Crippen molar-refractivity contribution in [3.63, 3.8) is 0 Å². The van der Waals surface area contributed by atoms with E-state index in [4.69, 9.17) is 4.74 Å². The highest BCUT2D eigenvalue weighted by atomic mass is 32.1. The second-order valence-electron chi connectivity index (χ2n) is 4.94. The van der Waals surface area contributed by atoms with E-state index in [0.29, 0.717) is 12.0 Å². The van der Waals surface area contributed by atoms with Crippen molar-refractivity contribution in [3.8, 4) is 0 Å². The van der Waals surface area contributed by atoms with Crippen LogP contribution in [0.3, 0.4) is 0 Å². The Balaban J connectivity index is 2.43. The predicted octanol–water partition coefficient (Wildman–Crippen LogP) is 4.09. The van der Waals surface area contributed by atoms with Crippen molar-refractivity contribution in [2.24, 2.45) is 0 Å². The van der Waals surface area contributed by atoms with Crippen LogP contribution in [0, 0.1) is 11.6 Å². The lowest BCUT2D eigenvalue weighted by atomic mass is 9.79. The first-order chi connectivity index (χ1) is 9.97. The van der Waals surface area contributed by atoms with E-state index in [0.717, 1.165) is 17.0 Å². The molecule has 2 nitrogen and oxygen atoms in total. The second-order valence-corrected chi connectivity index (χ2v) is 5.97. The fourth-order valence-electron chi connectivity index (χ4n) is 2.18. The van der Waals surface area contributed by atoms with Crippen LogP contribution in [0.1, 0.15) is 24.3 Å². The van der Waals surface area contributed by atoms with Crippen LogP contribution in [0.25, 0.3) is 0 Å². The highest BCUT2D eigenvalue weighted by molar-refractivity contribution is 7.09. The van der Waals surface area contributed by atoms with Gasteiger partial charge in [0.2, 0.25) is 0 Å². The molecule has 0 fully saturated rings. The molecule has 1 heterocycles. The maximum absolute atomic E-state index is 13.5. The van der Waals surface area contributed by atoms with Crippen LogP contribution in [0.15, 0.2) is 35.7 Å². The zero-order chi connectivity index (χ0) is 15.5. The van der Waals surface area contributed by atoms with E-state index in [1.165, 1.54) is 17.4 Å². The minimum Gasteiger partial charge on any atom is -0.465 e. The zero-order valence-electron chi connectivity index (χ0n) is 11.9. The lowest BCUT2D eigenvalue weighted by molar-refractivity contribution is -0.149. The zero-order valence-corrected chi connectivity index (χ0v) is 12.7. The quantitative estimate of drug-likeness (QED) is 0.778. The third-order valence-corrected chi connectivity index (χ3v) is 4.27. The Morgan fingerprint density at radius 2 is 2.05 bits per heavy atom. The van der Waals surface area contributed by atoms with Crippen LogP contribution in [0.5, 0.6) is 0 Å². The number of carbonyl (C=O) groups excluding carboxylic acids is 1. The normalized spacial score (nSPS) is 13.7. The van der Waals surface area contributed by atoms with E-state index >= 15 is 0 Å². The third kappa shape index (κ3) is 3.29. The van der Waals surface area contributed by atoms with Gasteiger partial charge in [0, 0.05) is 11.3 Å². The SMILES string of the molecule is CCOC(=O)C(C)(Cc1cccs1)c1ccc(F)c(F)c1. The number of ether oxygens (including phenoxy) is 1. The maximum Gasteiger partial charge on any atom is 0.316 e. The minimum atomic E-state index is -1.05. The molecule has 0 N–H and O–H groups in total. The molecule has 2 aromatic rings. The molecule has 5 heteroatoms. The second kappa shape index (κ2) is 6.35. The molecule has 2 rings (SSSR count). The summed E-state index contributed by atoms with van der Waals surface area (Å²) in [6, 6.07) is 7.33. The summed E-state index contributed by atoms with van der Waals surface area (Å²) in [6.45, 7) is 3.65. The summed E-state index contributed by atoms with van der Waals surface area (Å²) in [5.74, 6) is -2.33. The molecular weight excluding hydrogens is 294 g/mol. The molecule has 0 aliphatic heterocycles. The van der Waals surface area contributed by atoms with Crippen molar-refractivity contribution in [2.45, 2.75) is 25.7 Å². The first kappa shape index (κ1) is 15.6. The van der Waals surface area contributed by atoms with Gasteiger partial charge in [-0.15, -0.1) is 11.3 Å². The van der Waals surface area contributed by atoms with Gasteiger partial charge in [-0.3, -0.25) is 4.79 Å². The highest BCUT2D eigenvalue weighted by Crippen LogP contribution is 2.32. The molecule has 21 heavy (non-hydrogen) atoms. The van der Waals surface area contributed by atoms with E-state index in [1.54, 1.807) is 13.8 Å². The first-order valence-electron chi connectivity index (χ1n) is 6.62. The van der Waals surface area contributed by atoms with E-state index < -0.39 is 23.0 Å². The van der Waals surface area contributed by atoms with Gasteiger partial charge >= 0.3 is 5.97 Å². The van der Waals surface area contributed by atoms with Crippen molar-refractivity contribution in [1.82, 2.24) is 0 Å². The van der Waals surface area contributed by atoms with Gasteiger partial charge in [-0.05, 0) is 43.0 Å². The molecule has 1 unspecified atom stereocenters. The fourth-order valence-corrected chi connectivity index (χ4v) is 3.04. The van der Waals surface area contributed by atoms with Crippen molar-refractivity contribution < 1.29 is 18.3 Å². The molecule has 0 saturated heterocycles. The molecule has 0 amide bonds. The van der Waals surface area contributed by atoms with E-state index in [2.05, 4.69) is 0 Å². The topological polar surface area (TPSA) is 26.3 Å². The largest absolute Gasteiger partial charge is 0.465 e. The number of thiophene rings is 1. The number of rotatable bonds is 5. The summed E-state index contributed by atoms with van der Waals surface area (Å²) in [5, 5.41) is 1.91. The lowest BCUT2D eigenvalue weighted by Crippen LogP contribution is -2.36. The van der Waals surface area contributed by atoms with Gasteiger partial charge in [0.1, 0.15) is 0 Å². The molecule has 1 atom stereocenters. The first-order valence-corrected chi connectivity index (χ1v) is 7.50. The summed E-state index contributed by atoms with van der Waals surface area (Å²) in [5.41, 5.74) is -0.636. The summed E-state index contributed by atoms with van der Waals surface area (Å²) in [6.07, 6.45) is 0.384. The van der Waals surface area contributed by atoms with Gasteiger partial charge < -0.3 is 4.74 Å². The van der Waals surface area contributed by atoms with Crippen molar-refractivity contribution in [2.75, 3.05) is 6.61 Å². The van der Waals surface area contributed by atoms with Gasteiger partial charge in [0.05, 0.1) is 12.0 Å². The molecule has 1 aromatic carbocycles. The minimum absolute atomic E-state index is 0.239. The number of hydrogen-bond donors (Lipinski definition) is 0. The lowest BCUT2D eigenvalue weighted by Gasteiger charge is -2.27. The number of esters is 1. The molecular formula is C16H16F2O2S. The number of benzene rings is 1. The van der Waals surface area contributed by atoms with Crippen LogP contribution in [0.4, 0.5) is 8.78 Å². The van der Waals surface area contributed by atoms with Gasteiger partial charge in [0.25, 0.3) is 0 Å². The van der Waals surface area contributed by atoms with Gasteiger partial charge in [-0.25, -0.2) is 8.78 Å². The Labute approximate surface area is 126 Å². The number of hydrogen-bond acceptors (Lipinski definition) is 3. The fraction of sp³-hybridized carbons (Fsp3) is 0.312. The monoisotopic (exact) mass is 310 g/mol. The Hall–Kier alpha value is -1.75. The number of halogens is 2. The van der Waals surface area contributed by atoms with Crippen molar-refractivity contribution in [3.05, 3.63) is 57.8 Å². The van der Waals surface area contributed by atoms with Crippen molar-refractivity contribution in [1.29, 1.82) is 0 Å². The molecule has 0 aliphatic carbocycles. The van der Waals surface area contributed by atoms with Crippen LogP contribution in [-0.4, -0.2) is 12.6 Å². The van der Waals surface area contributed by atoms with E-state index in [-0.39, 0.29) is 6.61 Å². The highest BCUT2D eigenvalue weighted by Gasteiger charge is 2.37. The van der Waals surface area contributed by atoms with Gasteiger partial charge in [-0.2, -0.15) is 0 Å². The van der Waals surface area contributed by atoms with Crippen LogP contribution in [-0.2, 0) is 21.4 Å². The smallest absolute Gasteiger partial charge is 0.316 e. The van der Waals surface area contributed by atoms with Gasteiger partial charge in [0.15, 0.2) is 11.6 Å². The van der Waals surface area contributed by atoms with Crippen LogP contribution >= 0.6 is 11.3 Å². The molecule has 0 bridgehead atoms. The van der Waals surface area contributed by atoms with Crippen LogP contribution < -0.4 is 0 Å². The maximum atomic E-state index is 13.5.